The van der Waals surface area contributed by atoms with E-state index in [1.54, 1.807) is 0 Å². The molecule has 114 valence electrons. The zero-order chi connectivity index (χ0) is 15.6. The summed E-state index contributed by atoms with van der Waals surface area (Å²) in [6, 6.07) is 6.32. The number of likely N-dealkylation sites (N-methyl/N-ethyl adjacent to an activating group) is 1. The normalized spacial score (nSPS) is 12.7. The van der Waals surface area contributed by atoms with Crippen LogP contribution in [0.2, 0.25) is 5.02 Å². The largest absolute Gasteiger partial charge is 0.310 e. The second-order valence-electron chi connectivity index (χ2n) is 5.24. The molecule has 1 heterocycles. The van der Waals surface area contributed by atoms with Gasteiger partial charge in [0.2, 0.25) is 0 Å². The lowest BCUT2D eigenvalue weighted by atomic mass is 9.97. The quantitative estimate of drug-likeness (QED) is 0.848. The number of hydrogen-bond donors (Lipinski definition) is 1. The van der Waals surface area contributed by atoms with Crippen LogP contribution in [0.25, 0.3) is 0 Å². The molecule has 2 aromatic rings. The Labute approximate surface area is 139 Å². The second-order valence-corrected chi connectivity index (χ2v) is 6.44. The second kappa shape index (κ2) is 6.95. The predicted molar refractivity (Wildman–Crippen MR) is 92.0 cm³/mol. The summed E-state index contributed by atoms with van der Waals surface area (Å²) in [4.78, 5) is 0. The summed E-state index contributed by atoms with van der Waals surface area (Å²) in [6.45, 7) is 7.12. The van der Waals surface area contributed by atoms with Crippen molar-refractivity contribution in [3.05, 3.63) is 50.2 Å². The van der Waals surface area contributed by atoms with Crippen LogP contribution in [-0.2, 0) is 13.5 Å². The molecule has 5 heteroatoms. The number of nitrogens with zero attached hydrogens (tertiary/aromatic N) is 2. The van der Waals surface area contributed by atoms with E-state index in [-0.39, 0.29) is 6.04 Å². The predicted octanol–water partition coefficient (Wildman–Crippen LogP) is 4.35. The Morgan fingerprint density at radius 1 is 1.38 bits per heavy atom. The Hall–Kier alpha value is -0.840. The van der Waals surface area contributed by atoms with Crippen molar-refractivity contribution in [1.82, 2.24) is 15.1 Å². The maximum atomic E-state index is 6.27. The molecular formula is C16H21BrClN3. The first-order chi connectivity index (χ1) is 9.95. The number of halogens is 2. The molecule has 0 aliphatic heterocycles. The summed E-state index contributed by atoms with van der Waals surface area (Å²) >= 11 is 9.92. The monoisotopic (exact) mass is 369 g/mol. The topological polar surface area (TPSA) is 29.9 Å². The van der Waals surface area contributed by atoms with Crippen molar-refractivity contribution in [3.8, 4) is 0 Å². The average molecular weight is 371 g/mol. The summed E-state index contributed by atoms with van der Waals surface area (Å²) in [6.07, 6.45) is 0.868. The van der Waals surface area contributed by atoms with Crippen LogP contribution in [0.5, 0.6) is 0 Å². The van der Waals surface area contributed by atoms with Gasteiger partial charge in [0.25, 0.3) is 0 Å². The minimum absolute atomic E-state index is 0.222. The smallest absolute Gasteiger partial charge is 0.0738 e. The van der Waals surface area contributed by atoms with Crippen molar-refractivity contribution in [3.63, 3.8) is 0 Å². The van der Waals surface area contributed by atoms with Crippen LogP contribution >= 0.6 is 27.5 Å². The molecule has 0 saturated heterocycles. The van der Waals surface area contributed by atoms with Crippen molar-refractivity contribution in [2.75, 3.05) is 6.54 Å². The molecule has 3 nitrogen and oxygen atoms in total. The molecule has 0 saturated carbocycles. The third-order valence-electron chi connectivity index (χ3n) is 3.79. The molecule has 1 aromatic heterocycles. The molecule has 0 amide bonds. The fraction of sp³-hybridized carbons (Fsp3) is 0.438. The van der Waals surface area contributed by atoms with E-state index in [0.717, 1.165) is 33.7 Å². The first kappa shape index (κ1) is 16.5. The number of rotatable bonds is 5. The van der Waals surface area contributed by atoms with Gasteiger partial charge in [-0.3, -0.25) is 4.68 Å². The molecule has 21 heavy (non-hydrogen) atoms. The Bertz CT molecular complexity index is 637. The molecule has 1 N–H and O–H groups in total. The lowest BCUT2D eigenvalue weighted by Gasteiger charge is -2.21. The highest BCUT2D eigenvalue weighted by atomic mass is 79.9. The third kappa shape index (κ3) is 3.50. The van der Waals surface area contributed by atoms with Gasteiger partial charge in [0, 0.05) is 24.5 Å². The van der Waals surface area contributed by atoms with Crippen LogP contribution in [0.4, 0.5) is 0 Å². The summed E-state index contributed by atoms with van der Waals surface area (Å²) < 4.78 is 3.04. The lowest BCUT2D eigenvalue weighted by Crippen LogP contribution is -2.24. The van der Waals surface area contributed by atoms with E-state index in [0.29, 0.717) is 0 Å². The van der Waals surface area contributed by atoms with Gasteiger partial charge in [-0.05, 0) is 53.5 Å². The molecule has 1 aromatic carbocycles. The number of aromatic nitrogens is 2. The van der Waals surface area contributed by atoms with Gasteiger partial charge in [0.1, 0.15) is 0 Å². The maximum Gasteiger partial charge on any atom is 0.0738 e. The van der Waals surface area contributed by atoms with Crippen LogP contribution in [0.1, 0.15) is 35.5 Å². The number of benzene rings is 1. The highest BCUT2D eigenvalue weighted by Gasteiger charge is 2.19. The fourth-order valence-corrected chi connectivity index (χ4v) is 3.31. The molecule has 0 fully saturated rings. The molecule has 0 bridgehead atoms. The van der Waals surface area contributed by atoms with Gasteiger partial charge in [-0.1, -0.05) is 30.7 Å². The van der Waals surface area contributed by atoms with Crippen molar-refractivity contribution < 1.29 is 0 Å². The summed E-state index contributed by atoms with van der Waals surface area (Å²) in [5, 5.41) is 8.85. The van der Waals surface area contributed by atoms with Crippen molar-refractivity contribution in [1.29, 1.82) is 0 Å². The van der Waals surface area contributed by atoms with Crippen LogP contribution < -0.4 is 5.32 Å². The van der Waals surface area contributed by atoms with Crippen LogP contribution in [0, 0.1) is 13.8 Å². The van der Waals surface area contributed by atoms with E-state index in [2.05, 4.69) is 46.3 Å². The lowest BCUT2D eigenvalue weighted by molar-refractivity contribution is 0.526. The van der Waals surface area contributed by atoms with Crippen LogP contribution in [0.3, 0.4) is 0 Å². The molecule has 0 radical (unpaired) electrons. The molecule has 0 aliphatic carbocycles. The highest BCUT2D eigenvalue weighted by Crippen LogP contribution is 2.29. The van der Waals surface area contributed by atoms with E-state index in [1.807, 2.05) is 30.8 Å². The summed E-state index contributed by atoms with van der Waals surface area (Å²) in [5.41, 5.74) is 4.60. The van der Waals surface area contributed by atoms with Crippen molar-refractivity contribution >= 4 is 27.5 Å². The molecule has 2 rings (SSSR count). The average Bonchev–Trinajstić information content (AvgIpc) is 2.68. The van der Waals surface area contributed by atoms with Gasteiger partial charge in [-0.15, -0.1) is 0 Å². The number of aryl methyl sites for hydroxylation is 2. The molecule has 1 atom stereocenters. The first-order valence-electron chi connectivity index (χ1n) is 7.12. The standard InChI is InChI=1S/C16H21BrClN3/c1-5-19-14(12-7-6-8-13(18)10(12)2)9-15-16(17)11(3)20-21(15)4/h6-8,14,19H,5,9H2,1-4H3. The van der Waals surface area contributed by atoms with Gasteiger partial charge < -0.3 is 5.32 Å². The van der Waals surface area contributed by atoms with Crippen LogP contribution in [-0.4, -0.2) is 16.3 Å². The van der Waals surface area contributed by atoms with E-state index < -0.39 is 0 Å². The zero-order valence-corrected chi connectivity index (χ0v) is 15.2. The summed E-state index contributed by atoms with van der Waals surface area (Å²) in [7, 11) is 1.99. The zero-order valence-electron chi connectivity index (χ0n) is 12.9. The van der Waals surface area contributed by atoms with E-state index in [4.69, 9.17) is 11.6 Å². The Morgan fingerprint density at radius 3 is 2.67 bits per heavy atom. The molecular weight excluding hydrogens is 350 g/mol. The van der Waals surface area contributed by atoms with Crippen molar-refractivity contribution in [2.45, 2.75) is 33.2 Å². The Balaban J connectivity index is 2.38. The van der Waals surface area contributed by atoms with E-state index in [9.17, 15) is 0 Å². The first-order valence-corrected chi connectivity index (χ1v) is 8.29. The molecule has 0 aliphatic rings. The third-order valence-corrected chi connectivity index (χ3v) is 5.24. The number of hydrogen-bond acceptors (Lipinski definition) is 2. The number of nitrogens with one attached hydrogen (secondary N) is 1. The Kier molecular flexibility index (Phi) is 5.47. The highest BCUT2D eigenvalue weighted by molar-refractivity contribution is 9.10. The molecule has 1 unspecified atom stereocenters. The minimum Gasteiger partial charge on any atom is -0.310 e. The van der Waals surface area contributed by atoms with E-state index in [1.165, 1.54) is 11.3 Å². The molecule has 0 spiro atoms. The SMILES string of the molecule is CCNC(Cc1c(Br)c(C)nn1C)c1cccc(Cl)c1C. The van der Waals surface area contributed by atoms with Gasteiger partial charge >= 0.3 is 0 Å². The minimum atomic E-state index is 0.222. The van der Waals surface area contributed by atoms with Crippen LogP contribution in [0.15, 0.2) is 22.7 Å². The fourth-order valence-electron chi connectivity index (χ4n) is 2.64. The Morgan fingerprint density at radius 2 is 2.10 bits per heavy atom. The van der Waals surface area contributed by atoms with Gasteiger partial charge in [0.05, 0.1) is 15.9 Å². The van der Waals surface area contributed by atoms with Gasteiger partial charge in [-0.2, -0.15) is 5.10 Å². The maximum absolute atomic E-state index is 6.27. The van der Waals surface area contributed by atoms with E-state index >= 15 is 0 Å². The van der Waals surface area contributed by atoms with Gasteiger partial charge in [0.15, 0.2) is 0 Å². The summed E-state index contributed by atoms with van der Waals surface area (Å²) in [5.74, 6) is 0. The van der Waals surface area contributed by atoms with Crippen molar-refractivity contribution in [2.24, 2.45) is 7.05 Å². The van der Waals surface area contributed by atoms with Gasteiger partial charge in [-0.25, -0.2) is 0 Å².